The van der Waals surface area contributed by atoms with Gasteiger partial charge < -0.3 is 10.6 Å². The van der Waals surface area contributed by atoms with Gasteiger partial charge in [0.1, 0.15) is 0 Å². The number of tetrazole rings is 1. The van der Waals surface area contributed by atoms with Crippen LogP contribution < -0.4 is 5.73 Å². The molecule has 16 heavy (non-hydrogen) atoms. The molecule has 0 amide bonds. The fourth-order valence-electron chi connectivity index (χ4n) is 0.945. The third-order valence-electron chi connectivity index (χ3n) is 1.84. The van der Waals surface area contributed by atoms with Crippen LogP contribution >= 0.6 is 24.0 Å². The van der Waals surface area contributed by atoms with Gasteiger partial charge in [-0.1, -0.05) is 24.0 Å². The van der Waals surface area contributed by atoms with Gasteiger partial charge in [0.25, 0.3) is 0 Å². The van der Waals surface area contributed by atoms with Crippen molar-refractivity contribution < 1.29 is 0 Å². The average Bonchev–Trinajstić information content (AvgIpc) is 2.70. The number of nitrogens with two attached hydrogens (primary N) is 1. The van der Waals surface area contributed by atoms with Crippen LogP contribution in [0.4, 0.5) is 0 Å². The average molecular weight is 260 g/mol. The van der Waals surface area contributed by atoms with Gasteiger partial charge in [-0.3, -0.25) is 0 Å². The number of nitrogens with zero attached hydrogens (tertiary/aromatic N) is 5. The molecule has 0 aliphatic rings. The van der Waals surface area contributed by atoms with E-state index in [1.807, 2.05) is 14.1 Å². The van der Waals surface area contributed by atoms with Crippen molar-refractivity contribution in [1.82, 2.24) is 25.1 Å². The summed E-state index contributed by atoms with van der Waals surface area (Å²) < 4.78 is 1.78. The van der Waals surface area contributed by atoms with Crippen LogP contribution in [0, 0.1) is 0 Å². The second-order valence-electron chi connectivity index (χ2n) is 3.60. The SMILES string of the molecule is CN(C)CCn1nnnc1SCC(N)C=S. The summed E-state index contributed by atoms with van der Waals surface area (Å²) >= 11 is 6.28. The lowest BCUT2D eigenvalue weighted by Gasteiger charge is -2.10. The normalized spacial score (nSPS) is 13.0. The number of thioether (sulfide) groups is 1. The highest BCUT2D eigenvalue weighted by molar-refractivity contribution is 7.99. The van der Waals surface area contributed by atoms with E-state index in [4.69, 9.17) is 18.0 Å². The number of aromatic nitrogens is 4. The lowest BCUT2D eigenvalue weighted by molar-refractivity contribution is 0.361. The summed E-state index contributed by atoms with van der Waals surface area (Å²) in [5.74, 6) is 0.700. The fraction of sp³-hybridized carbons (Fsp3) is 0.750. The molecular weight excluding hydrogens is 244 g/mol. The van der Waals surface area contributed by atoms with Crippen LogP contribution in [0.15, 0.2) is 5.16 Å². The van der Waals surface area contributed by atoms with E-state index in [0.717, 1.165) is 18.2 Å². The molecule has 2 N–H and O–H groups in total. The van der Waals surface area contributed by atoms with Gasteiger partial charge in [-0.05, 0) is 29.9 Å². The zero-order chi connectivity index (χ0) is 12.0. The predicted molar refractivity (Wildman–Crippen MR) is 68.7 cm³/mol. The van der Waals surface area contributed by atoms with Crippen LogP contribution in [0.3, 0.4) is 0 Å². The molecular formula is C8H16N6S2. The smallest absolute Gasteiger partial charge is 0.209 e. The molecule has 1 unspecified atom stereocenters. The largest absolute Gasteiger partial charge is 0.323 e. The number of hydrogen-bond acceptors (Lipinski definition) is 7. The molecule has 90 valence electrons. The molecule has 0 bridgehead atoms. The van der Waals surface area contributed by atoms with E-state index in [-0.39, 0.29) is 6.04 Å². The monoisotopic (exact) mass is 260 g/mol. The van der Waals surface area contributed by atoms with Gasteiger partial charge in [0.15, 0.2) is 0 Å². The third kappa shape index (κ3) is 4.52. The summed E-state index contributed by atoms with van der Waals surface area (Å²) in [6.45, 7) is 1.67. The first kappa shape index (κ1) is 13.5. The van der Waals surface area contributed by atoms with Gasteiger partial charge in [0, 0.05) is 18.3 Å². The Hall–Kier alpha value is -0.570. The van der Waals surface area contributed by atoms with E-state index in [2.05, 4.69) is 20.4 Å². The minimum absolute atomic E-state index is 0.0981. The third-order valence-corrected chi connectivity index (χ3v) is 3.29. The van der Waals surface area contributed by atoms with E-state index >= 15 is 0 Å². The Bertz CT molecular complexity index is 326. The molecule has 1 atom stereocenters. The first-order valence-electron chi connectivity index (χ1n) is 4.88. The standard InChI is InChI=1S/C8H16N6S2/c1-13(2)3-4-14-8(10-11-12-14)16-6-7(9)5-15/h5,7H,3-4,6,9H2,1-2H3. The molecule has 0 saturated carbocycles. The molecule has 0 aromatic carbocycles. The Morgan fingerprint density at radius 2 is 2.38 bits per heavy atom. The topological polar surface area (TPSA) is 72.9 Å². The van der Waals surface area contributed by atoms with Gasteiger partial charge >= 0.3 is 0 Å². The van der Waals surface area contributed by atoms with Crippen molar-refractivity contribution in [3.63, 3.8) is 0 Å². The fourth-order valence-corrected chi connectivity index (χ4v) is 1.97. The molecule has 6 nitrogen and oxygen atoms in total. The van der Waals surface area contributed by atoms with Crippen LogP contribution in [0.1, 0.15) is 0 Å². The van der Waals surface area contributed by atoms with Crippen molar-refractivity contribution in [1.29, 1.82) is 0 Å². The molecule has 1 rings (SSSR count). The molecule has 1 aromatic heterocycles. The first-order valence-corrected chi connectivity index (χ1v) is 6.33. The first-order chi connectivity index (χ1) is 7.63. The van der Waals surface area contributed by atoms with Crippen molar-refractivity contribution >= 4 is 29.3 Å². The molecule has 0 fully saturated rings. The van der Waals surface area contributed by atoms with Crippen LogP contribution in [0.25, 0.3) is 0 Å². The van der Waals surface area contributed by atoms with Gasteiger partial charge in [-0.25, -0.2) is 4.68 Å². The quantitative estimate of drug-likeness (QED) is 0.531. The predicted octanol–water partition coefficient (Wildman–Crippen LogP) is -0.346. The van der Waals surface area contributed by atoms with E-state index in [1.54, 1.807) is 10.0 Å². The maximum atomic E-state index is 5.70. The van der Waals surface area contributed by atoms with Crippen molar-refractivity contribution in [3.05, 3.63) is 0 Å². The summed E-state index contributed by atoms with van der Waals surface area (Å²) in [6, 6.07) is -0.0981. The highest BCUT2D eigenvalue weighted by atomic mass is 32.2. The summed E-state index contributed by atoms with van der Waals surface area (Å²) in [5.41, 5.74) is 5.70. The number of likely N-dealkylation sites (N-methyl/N-ethyl adjacent to an activating group) is 1. The molecule has 0 aliphatic carbocycles. The minimum atomic E-state index is -0.0981. The highest BCUT2D eigenvalue weighted by Gasteiger charge is 2.08. The van der Waals surface area contributed by atoms with E-state index in [0.29, 0.717) is 5.75 Å². The molecule has 1 heterocycles. The molecule has 0 spiro atoms. The number of thiocarbonyl (C=S) groups is 1. The van der Waals surface area contributed by atoms with Crippen molar-refractivity contribution in [2.75, 3.05) is 26.4 Å². The van der Waals surface area contributed by atoms with Crippen LogP contribution in [-0.4, -0.2) is 62.9 Å². The van der Waals surface area contributed by atoms with Crippen molar-refractivity contribution in [3.8, 4) is 0 Å². The molecule has 0 radical (unpaired) electrons. The lowest BCUT2D eigenvalue weighted by atomic mass is 10.4. The highest BCUT2D eigenvalue weighted by Crippen LogP contribution is 2.13. The zero-order valence-corrected chi connectivity index (χ0v) is 11.0. The van der Waals surface area contributed by atoms with Gasteiger partial charge in [0.05, 0.1) is 6.54 Å². The van der Waals surface area contributed by atoms with Crippen LogP contribution in [0.2, 0.25) is 0 Å². The second-order valence-corrected chi connectivity index (χ2v) is 4.86. The van der Waals surface area contributed by atoms with Gasteiger partial charge in [-0.2, -0.15) is 0 Å². The summed E-state index contributed by atoms with van der Waals surface area (Å²) in [5, 5.41) is 13.9. The van der Waals surface area contributed by atoms with E-state index in [9.17, 15) is 0 Å². The lowest BCUT2D eigenvalue weighted by Crippen LogP contribution is -2.24. The molecule has 0 aliphatic heterocycles. The Labute approximate surface area is 105 Å². The number of rotatable bonds is 7. The van der Waals surface area contributed by atoms with Crippen LogP contribution in [-0.2, 0) is 6.54 Å². The molecule has 1 aromatic rings. The van der Waals surface area contributed by atoms with E-state index < -0.39 is 0 Å². The Kier molecular flexibility index (Phi) is 5.81. The Balaban J connectivity index is 2.46. The summed E-state index contributed by atoms with van der Waals surface area (Å²) in [4.78, 5) is 2.08. The zero-order valence-electron chi connectivity index (χ0n) is 9.41. The van der Waals surface area contributed by atoms with Crippen molar-refractivity contribution in [2.24, 2.45) is 5.73 Å². The maximum absolute atomic E-state index is 5.70. The number of hydrogen-bond donors (Lipinski definition) is 1. The van der Waals surface area contributed by atoms with Crippen molar-refractivity contribution in [2.45, 2.75) is 17.7 Å². The van der Waals surface area contributed by atoms with E-state index in [1.165, 1.54) is 11.8 Å². The Morgan fingerprint density at radius 1 is 1.62 bits per heavy atom. The van der Waals surface area contributed by atoms with Gasteiger partial charge in [-0.15, -0.1) is 5.10 Å². The van der Waals surface area contributed by atoms with Gasteiger partial charge in [0.2, 0.25) is 5.16 Å². The molecule has 8 heteroatoms. The Morgan fingerprint density at radius 3 is 3.00 bits per heavy atom. The summed E-state index contributed by atoms with van der Waals surface area (Å²) in [6.07, 6.45) is 0. The summed E-state index contributed by atoms with van der Waals surface area (Å²) in [7, 11) is 4.03. The second kappa shape index (κ2) is 6.89. The maximum Gasteiger partial charge on any atom is 0.209 e. The minimum Gasteiger partial charge on any atom is -0.323 e. The molecule has 0 saturated heterocycles. The van der Waals surface area contributed by atoms with Crippen LogP contribution in [0.5, 0.6) is 0 Å².